The number of hydrogen-bond donors (Lipinski definition) is 0. The van der Waals surface area contributed by atoms with E-state index in [9.17, 15) is 0 Å². The molecule has 0 saturated heterocycles. The van der Waals surface area contributed by atoms with Gasteiger partial charge in [-0.3, -0.25) is 0 Å². The van der Waals surface area contributed by atoms with Crippen molar-refractivity contribution in [3.05, 3.63) is 192 Å². The van der Waals surface area contributed by atoms with E-state index in [2.05, 4.69) is 207 Å². The SMILES string of the molecule is CC1(C)c2cc3c(cc2N(c2cccc4ccccc24)c2ccc4ccccc4c21)C(C)(C)c1c(ccc2ccccc12)N3c1cccc2ccccc12. The van der Waals surface area contributed by atoms with Gasteiger partial charge in [0.15, 0.2) is 0 Å². The van der Waals surface area contributed by atoms with Gasteiger partial charge in [0.2, 0.25) is 0 Å². The highest BCUT2D eigenvalue weighted by molar-refractivity contribution is 6.07. The Kier molecular flexibility index (Phi) is 6.39. The fraction of sp³-hybridized carbons (Fsp3) is 0.115. The van der Waals surface area contributed by atoms with Crippen molar-refractivity contribution in [2.24, 2.45) is 0 Å². The van der Waals surface area contributed by atoms with E-state index in [-0.39, 0.29) is 10.8 Å². The fourth-order valence-electron chi connectivity index (χ4n) is 10.0. The lowest BCUT2D eigenvalue weighted by Gasteiger charge is -2.47. The second kappa shape index (κ2) is 11.1. The molecule has 0 bridgehead atoms. The van der Waals surface area contributed by atoms with Crippen LogP contribution in [0.15, 0.2) is 170 Å². The molecule has 2 heteroatoms. The Hall–Kier alpha value is -6.38. The van der Waals surface area contributed by atoms with Gasteiger partial charge in [-0.25, -0.2) is 0 Å². The summed E-state index contributed by atoms with van der Waals surface area (Å²) in [5.74, 6) is 0. The lowest BCUT2D eigenvalue weighted by molar-refractivity contribution is 0.621. The van der Waals surface area contributed by atoms with Gasteiger partial charge in [0.1, 0.15) is 0 Å². The van der Waals surface area contributed by atoms with Gasteiger partial charge >= 0.3 is 0 Å². The van der Waals surface area contributed by atoms with E-state index in [0.717, 1.165) is 0 Å². The molecule has 0 spiro atoms. The molecule has 9 aromatic carbocycles. The highest BCUT2D eigenvalue weighted by Crippen LogP contribution is 2.61. The molecule has 2 aliphatic rings. The van der Waals surface area contributed by atoms with E-state index >= 15 is 0 Å². The summed E-state index contributed by atoms with van der Waals surface area (Å²) in [5.41, 5.74) is 12.1. The van der Waals surface area contributed by atoms with Gasteiger partial charge in [-0.05, 0) is 91.0 Å². The molecule has 0 N–H and O–H groups in total. The first-order valence-corrected chi connectivity index (χ1v) is 19.1. The summed E-state index contributed by atoms with van der Waals surface area (Å²) in [7, 11) is 0. The molecule has 2 nitrogen and oxygen atoms in total. The van der Waals surface area contributed by atoms with Crippen LogP contribution in [0.2, 0.25) is 0 Å². The van der Waals surface area contributed by atoms with Gasteiger partial charge in [-0.2, -0.15) is 0 Å². The van der Waals surface area contributed by atoms with Gasteiger partial charge in [0.05, 0.1) is 34.1 Å². The fourth-order valence-corrected chi connectivity index (χ4v) is 10.0. The Morgan fingerprint density at radius 3 is 1.04 bits per heavy atom. The average Bonchev–Trinajstić information content (AvgIpc) is 3.20. The zero-order valence-corrected chi connectivity index (χ0v) is 31.1. The Balaban J connectivity index is 1.29. The van der Waals surface area contributed by atoms with Crippen molar-refractivity contribution < 1.29 is 0 Å². The first-order valence-electron chi connectivity index (χ1n) is 19.1. The Bertz CT molecular complexity index is 2800. The van der Waals surface area contributed by atoms with E-state index < -0.39 is 0 Å². The zero-order chi connectivity index (χ0) is 36.3. The van der Waals surface area contributed by atoms with Crippen molar-refractivity contribution in [2.75, 3.05) is 9.80 Å². The highest BCUT2D eigenvalue weighted by atomic mass is 15.2. The predicted octanol–water partition coefficient (Wildman–Crippen LogP) is 14.5. The van der Waals surface area contributed by atoms with Crippen molar-refractivity contribution in [1.29, 1.82) is 0 Å². The van der Waals surface area contributed by atoms with E-state index in [1.807, 2.05) is 0 Å². The minimum absolute atomic E-state index is 0.306. The molecule has 11 rings (SSSR count). The quantitative estimate of drug-likeness (QED) is 0.178. The van der Waals surface area contributed by atoms with Gasteiger partial charge in [-0.1, -0.05) is 161 Å². The highest BCUT2D eigenvalue weighted by Gasteiger charge is 2.44. The lowest BCUT2D eigenvalue weighted by Crippen LogP contribution is -2.35. The molecule has 0 radical (unpaired) electrons. The summed E-state index contributed by atoms with van der Waals surface area (Å²) in [6, 6.07) is 63.4. The molecule has 0 aromatic heterocycles. The van der Waals surface area contributed by atoms with Crippen LogP contribution in [0.5, 0.6) is 0 Å². The average molecular weight is 693 g/mol. The normalized spacial score (nSPS) is 15.3. The van der Waals surface area contributed by atoms with Gasteiger partial charge in [0, 0.05) is 21.6 Å². The van der Waals surface area contributed by atoms with E-state index in [1.54, 1.807) is 0 Å². The molecule has 0 atom stereocenters. The monoisotopic (exact) mass is 692 g/mol. The number of rotatable bonds is 2. The Morgan fingerprint density at radius 1 is 0.296 bits per heavy atom. The standard InChI is InChI=1S/C52H40N2/c1-51(2)41-31-48-42(32-47(41)53(43-25-13-19-33-15-5-9-21-37(33)43)45-29-27-35-17-7-11-23-39(35)49(45)51)52(3,4)50-40-24-12-8-18-36(40)28-30-46(50)54(48)44-26-14-20-34-16-6-10-22-38(34)44/h5-32H,1-4H3. The minimum atomic E-state index is -0.306. The van der Waals surface area contributed by atoms with Crippen LogP contribution < -0.4 is 9.80 Å². The summed E-state index contributed by atoms with van der Waals surface area (Å²) in [5, 5.41) is 10.1. The molecular formula is C52H40N2. The van der Waals surface area contributed by atoms with Crippen LogP contribution >= 0.6 is 0 Å². The largest absolute Gasteiger partial charge is 0.309 e. The molecule has 0 aliphatic carbocycles. The topological polar surface area (TPSA) is 6.48 Å². The summed E-state index contributed by atoms with van der Waals surface area (Å²) < 4.78 is 0. The molecule has 9 aromatic rings. The van der Waals surface area contributed by atoms with Crippen molar-refractivity contribution in [3.8, 4) is 0 Å². The molecule has 0 unspecified atom stereocenters. The third-order valence-corrected chi connectivity index (χ3v) is 12.5. The summed E-state index contributed by atoms with van der Waals surface area (Å²) in [4.78, 5) is 5.14. The first-order chi connectivity index (χ1) is 26.3. The lowest BCUT2D eigenvalue weighted by atomic mass is 9.67. The maximum absolute atomic E-state index is 2.57. The second-order valence-corrected chi connectivity index (χ2v) is 16.2. The van der Waals surface area contributed by atoms with E-state index in [4.69, 9.17) is 0 Å². The summed E-state index contributed by atoms with van der Waals surface area (Å²) in [6.07, 6.45) is 0. The Labute approximate surface area is 316 Å². The van der Waals surface area contributed by atoms with Crippen molar-refractivity contribution >= 4 is 77.2 Å². The van der Waals surface area contributed by atoms with Gasteiger partial charge in [-0.15, -0.1) is 0 Å². The molecule has 2 aliphatic heterocycles. The van der Waals surface area contributed by atoms with Crippen LogP contribution in [0.1, 0.15) is 49.9 Å². The van der Waals surface area contributed by atoms with Gasteiger partial charge in [0.25, 0.3) is 0 Å². The molecule has 0 saturated carbocycles. The van der Waals surface area contributed by atoms with Crippen molar-refractivity contribution in [3.63, 3.8) is 0 Å². The molecular weight excluding hydrogens is 653 g/mol. The van der Waals surface area contributed by atoms with Crippen LogP contribution in [0.4, 0.5) is 34.1 Å². The van der Waals surface area contributed by atoms with Gasteiger partial charge < -0.3 is 9.80 Å². The van der Waals surface area contributed by atoms with E-state index in [1.165, 1.54) is 99.5 Å². The van der Waals surface area contributed by atoms with Crippen LogP contribution in [-0.4, -0.2) is 0 Å². The first kappa shape index (κ1) is 31.2. The maximum Gasteiger partial charge on any atom is 0.0540 e. The number of hydrogen-bond acceptors (Lipinski definition) is 2. The van der Waals surface area contributed by atoms with Crippen LogP contribution in [0.3, 0.4) is 0 Å². The van der Waals surface area contributed by atoms with Crippen molar-refractivity contribution in [1.82, 2.24) is 0 Å². The third kappa shape index (κ3) is 4.17. The third-order valence-electron chi connectivity index (χ3n) is 12.5. The predicted molar refractivity (Wildman–Crippen MR) is 230 cm³/mol. The number of fused-ring (bicyclic) bond motifs is 10. The smallest absolute Gasteiger partial charge is 0.0540 e. The summed E-state index contributed by atoms with van der Waals surface area (Å²) in [6.45, 7) is 9.73. The molecule has 258 valence electrons. The zero-order valence-electron chi connectivity index (χ0n) is 31.1. The second-order valence-electron chi connectivity index (χ2n) is 16.2. The van der Waals surface area contributed by atoms with Crippen LogP contribution in [-0.2, 0) is 10.8 Å². The van der Waals surface area contributed by atoms with Crippen molar-refractivity contribution in [2.45, 2.75) is 38.5 Å². The Morgan fingerprint density at radius 2 is 0.630 bits per heavy atom. The molecule has 2 heterocycles. The summed E-state index contributed by atoms with van der Waals surface area (Å²) >= 11 is 0. The molecule has 0 amide bonds. The number of benzene rings is 9. The molecule has 0 fully saturated rings. The number of anilines is 6. The molecule has 54 heavy (non-hydrogen) atoms. The number of nitrogens with zero attached hydrogens (tertiary/aromatic N) is 2. The minimum Gasteiger partial charge on any atom is -0.309 e. The maximum atomic E-state index is 2.57. The van der Waals surface area contributed by atoms with E-state index in [0.29, 0.717) is 0 Å². The van der Waals surface area contributed by atoms with Crippen LogP contribution in [0, 0.1) is 0 Å². The van der Waals surface area contributed by atoms with Crippen LogP contribution in [0.25, 0.3) is 43.1 Å².